The van der Waals surface area contributed by atoms with E-state index in [0.29, 0.717) is 22.9 Å². The number of benzene rings is 1. The van der Waals surface area contributed by atoms with E-state index >= 15 is 0 Å². The number of nitrogens with zero attached hydrogens (tertiary/aromatic N) is 2. The van der Waals surface area contributed by atoms with Gasteiger partial charge in [-0.15, -0.1) is 0 Å². The first-order chi connectivity index (χ1) is 11.8. The van der Waals surface area contributed by atoms with E-state index in [9.17, 15) is 22.8 Å². The number of amides is 2. The summed E-state index contributed by atoms with van der Waals surface area (Å²) in [6.07, 6.45) is -3.21. The molecule has 9 heteroatoms. The van der Waals surface area contributed by atoms with E-state index < -0.39 is 12.1 Å². The first-order valence-electron chi connectivity index (χ1n) is 7.60. The fourth-order valence-corrected chi connectivity index (χ4v) is 2.53. The van der Waals surface area contributed by atoms with E-state index in [0.717, 1.165) is 0 Å². The van der Waals surface area contributed by atoms with Crippen LogP contribution in [0.25, 0.3) is 10.9 Å². The van der Waals surface area contributed by atoms with Crippen LogP contribution < -0.4 is 10.6 Å². The third kappa shape index (κ3) is 4.04. The molecule has 6 nitrogen and oxygen atoms in total. The number of nitrogens with one attached hydrogen (secondary N) is 2. The van der Waals surface area contributed by atoms with Gasteiger partial charge in [-0.05, 0) is 12.0 Å². The Bertz CT molecular complexity index is 793. The van der Waals surface area contributed by atoms with Crippen molar-refractivity contribution < 1.29 is 22.8 Å². The topological polar surface area (TPSA) is 84.0 Å². The Morgan fingerprint density at radius 3 is 2.56 bits per heavy atom. The van der Waals surface area contributed by atoms with Crippen LogP contribution in [0.15, 0.2) is 24.5 Å². The van der Waals surface area contributed by atoms with Crippen molar-refractivity contribution in [3.63, 3.8) is 0 Å². The molecule has 1 aromatic carbocycles. The molecule has 0 saturated heterocycles. The Morgan fingerprint density at radius 1 is 1.24 bits per heavy atom. The largest absolute Gasteiger partial charge is 0.471 e. The van der Waals surface area contributed by atoms with Crippen LogP contribution in [0.2, 0.25) is 0 Å². The molecule has 0 aliphatic heterocycles. The summed E-state index contributed by atoms with van der Waals surface area (Å²) >= 11 is 0. The molecule has 2 N–H and O–H groups in total. The lowest BCUT2D eigenvalue weighted by atomic mass is 9.93. The molecule has 0 aliphatic rings. The molecule has 0 bridgehead atoms. The van der Waals surface area contributed by atoms with E-state index in [2.05, 4.69) is 15.3 Å². The predicted octanol–water partition coefficient (Wildman–Crippen LogP) is 2.16. The van der Waals surface area contributed by atoms with Gasteiger partial charge in [0.2, 0.25) is 0 Å². The maximum Gasteiger partial charge on any atom is 0.471 e. The van der Waals surface area contributed by atoms with E-state index in [1.54, 1.807) is 25.1 Å². The van der Waals surface area contributed by atoms with Crippen molar-refractivity contribution in [2.75, 3.05) is 13.6 Å². The van der Waals surface area contributed by atoms with Crippen LogP contribution in [0.1, 0.15) is 35.3 Å². The van der Waals surface area contributed by atoms with Gasteiger partial charge in [-0.1, -0.05) is 25.1 Å². The van der Waals surface area contributed by atoms with Crippen LogP contribution in [-0.2, 0) is 4.79 Å². The lowest BCUT2D eigenvalue weighted by Crippen LogP contribution is -2.38. The van der Waals surface area contributed by atoms with Gasteiger partial charge in [0.1, 0.15) is 12.0 Å². The van der Waals surface area contributed by atoms with Crippen molar-refractivity contribution in [2.45, 2.75) is 25.4 Å². The number of fused-ring (bicyclic) bond motifs is 1. The van der Waals surface area contributed by atoms with E-state index in [1.165, 1.54) is 13.4 Å². The van der Waals surface area contributed by atoms with Crippen molar-refractivity contribution in [3.8, 4) is 0 Å². The Balaban J connectivity index is 2.38. The summed E-state index contributed by atoms with van der Waals surface area (Å²) in [5.41, 5.74) is 1.31. The van der Waals surface area contributed by atoms with Gasteiger partial charge in [0.15, 0.2) is 0 Å². The van der Waals surface area contributed by atoms with Crippen molar-refractivity contribution in [2.24, 2.45) is 0 Å². The summed E-state index contributed by atoms with van der Waals surface area (Å²) in [5.74, 6) is -2.75. The summed E-state index contributed by atoms with van der Waals surface area (Å²) in [6.45, 7) is 1.61. The highest BCUT2D eigenvalue weighted by atomic mass is 19.4. The van der Waals surface area contributed by atoms with Gasteiger partial charge in [-0.3, -0.25) is 9.59 Å². The number of rotatable bonds is 5. The van der Waals surface area contributed by atoms with Crippen LogP contribution in [0, 0.1) is 0 Å². The SMILES string of the molecule is CC[C@H](CNC(=O)C(F)(F)F)c1cccc2c(C(=O)NC)ncnc12. The van der Waals surface area contributed by atoms with Gasteiger partial charge in [0.05, 0.1) is 5.52 Å². The Kier molecular flexibility index (Phi) is 5.55. The summed E-state index contributed by atoms with van der Waals surface area (Å²) in [5, 5.41) is 4.88. The van der Waals surface area contributed by atoms with Gasteiger partial charge in [0, 0.05) is 24.9 Å². The number of halogens is 3. The molecule has 0 unspecified atom stereocenters. The molecule has 25 heavy (non-hydrogen) atoms. The highest BCUT2D eigenvalue weighted by molar-refractivity contribution is 6.04. The van der Waals surface area contributed by atoms with Crippen molar-refractivity contribution >= 4 is 22.7 Å². The molecule has 1 heterocycles. The monoisotopic (exact) mass is 354 g/mol. The Morgan fingerprint density at radius 2 is 1.96 bits per heavy atom. The molecule has 134 valence electrons. The summed E-state index contributed by atoms with van der Waals surface area (Å²) in [6, 6.07) is 5.07. The quantitative estimate of drug-likeness (QED) is 0.862. The van der Waals surface area contributed by atoms with Crippen LogP contribution >= 0.6 is 0 Å². The standard InChI is InChI=1S/C16H17F3N4O2/c1-3-9(7-21-15(25)16(17,18)19)10-5-4-6-11-12(10)22-8-23-13(11)14(24)20-2/h4-6,8-9H,3,7H2,1-2H3,(H,20,24)(H,21,25)/t9-/m1/s1. The van der Waals surface area contributed by atoms with E-state index in [-0.39, 0.29) is 24.1 Å². The second-order valence-corrected chi connectivity index (χ2v) is 5.36. The third-order valence-electron chi connectivity index (χ3n) is 3.84. The number of carbonyl (C=O) groups excluding carboxylic acids is 2. The molecule has 1 atom stereocenters. The minimum absolute atomic E-state index is 0.184. The highest BCUT2D eigenvalue weighted by Gasteiger charge is 2.38. The fourth-order valence-electron chi connectivity index (χ4n) is 2.53. The molecule has 0 aliphatic carbocycles. The lowest BCUT2D eigenvalue weighted by molar-refractivity contribution is -0.173. The average Bonchev–Trinajstić information content (AvgIpc) is 2.60. The molecule has 0 fully saturated rings. The maximum absolute atomic E-state index is 12.4. The maximum atomic E-state index is 12.4. The summed E-state index contributed by atoms with van der Waals surface area (Å²) in [7, 11) is 1.47. The molecule has 0 spiro atoms. The number of para-hydroxylation sites is 1. The molecule has 0 saturated carbocycles. The molecule has 2 amide bonds. The predicted molar refractivity (Wildman–Crippen MR) is 85.0 cm³/mol. The Hall–Kier alpha value is -2.71. The minimum atomic E-state index is -4.92. The van der Waals surface area contributed by atoms with Crippen molar-refractivity contribution in [1.29, 1.82) is 0 Å². The van der Waals surface area contributed by atoms with Crippen LogP contribution in [-0.4, -0.2) is 41.6 Å². The zero-order chi connectivity index (χ0) is 18.6. The van der Waals surface area contributed by atoms with Gasteiger partial charge in [-0.25, -0.2) is 9.97 Å². The number of aromatic nitrogens is 2. The molecular formula is C16H17F3N4O2. The van der Waals surface area contributed by atoms with Crippen LogP contribution in [0.5, 0.6) is 0 Å². The Labute approximate surface area is 141 Å². The smallest absolute Gasteiger partial charge is 0.354 e. The second kappa shape index (κ2) is 7.45. The first kappa shape index (κ1) is 18.6. The molecular weight excluding hydrogens is 337 g/mol. The minimum Gasteiger partial charge on any atom is -0.354 e. The van der Waals surface area contributed by atoms with Crippen molar-refractivity contribution in [3.05, 3.63) is 35.8 Å². The fraction of sp³-hybridized carbons (Fsp3) is 0.375. The number of hydrogen-bond donors (Lipinski definition) is 2. The average molecular weight is 354 g/mol. The lowest BCUT2D eigenvalue weighted by Gasteiger charge is -2.18. The van der Waals surface area contributed by atoms with E-state index in [4.69, 9.17) is 0 Å². The normalized spacial score (nSPS) is 12.7. The molecule has 2 aromatic rings. The third-order valence-corrected chi connectivity index (χ3v) is 3.84. The molecule has 1 aromatic heterocycles. The number of carbonyl (C=O) groups is 2. The summed E-state index contributed by atoms with van der Waals surface area (Å²) in [4.78, 5) is 31.1. The molecule has 2 rings (SSSR count). The zero-order valence-electron chi connectivity index (χ0n) is 13.6. The zero-order valence-corrected chi connectivity index (χ0v) is 13.6. The first-order valence-corrected chi connectivity index (χ1v) is 7.60. The van der Waals surface area contributed by atoms with Gasteiger partial charge < -0.3 is 10.6 Å². The van der Waals surface area contributed by atoms with E-state index in [1.807, 2.05) is 5.32 Å². The van der Waals surface area contributed by atoms with Gasteiger partial charge in [0.25, 0.3) is 5.91 Å². The molecule has 0 radical (unpaired) electrons. The van der Waals surface area contributed by atoms with Gasteiger partial charge >= 0.3 is 12.1 Å². The number of hydrogen-bond acceptors (Lipinski definition) is 4. The summed E-state index contributed by atoms with van der Waals surface area (Å²) < 4.78 is 37.1. The van der Waals surface area contributed by atoms with Crippen LogP contribution in [0.3, 0.4) is 0 Å². The van der Waals surface area contributed by atoms with Crippen molar-refractivity contribution in [1.82, 2.24) is 20.6 Å². The highest BCUT2D eigenvalue weighted by Crippen LogP contribution is 2.27. The van der Waals surface area contributed by atoms with Crippen LogP contribution in [0.4, 0.5) is 13.2 Å². The van der Waals surface area contributed by atoms with Gasteiger partial charge in [-0.2, -0.15) is 13.2 Å². The second-order valence-electron chi connectivity index (χ2n) is 5.36. The number of alkyl halides is 3.